The smallest absolute Gasteiger partial charge is 0.264 e. The van der Waals surface area contributed by atoms with Gasteiger partial charge >= 0.3 is 0 Å². The molecule has 0 radical (unpaired) electrons. The van der Waals surface area contributed by atoms with Gasteiger partial charge in [0.1, 0.15) is 24.1 Å². The summed E-state index contributed by atoms with van der Waals surface area (Å²) in [6.45, 7) is 6.73. The Kier molecular flexibility index (Phi) is 9.81. The number of nitrogens with zero attached hydrogens (tertiary/aromatic N) is 2. The van der Waals surface area contributed by atoms with Crippen LogP contribution in [-0.4, -0.2) is 57.5 Å². The van der Waals surface area contributed by atoms with E-state index in [0.717, 1.165) is 9.87 Å². The van der Waals surface area contributed by atoms with Gasteiger partial charge in [-0.2, -0.15) is 0 Å². The van der Waals surface area contributed by atoms with Crippen LogP contribution in [0.2, 0.25) is 0 Å². The molecule has 1 atom stereocenters. The van der Waals surface area contributed by atoms with E-state index in [2.05, 4.69) is 5.32 Å². The minimum absolute atomic E-state index is 0.0332. The summed E-state index contributed by atoms with van der Waals surface area (Å²) in [5, 5.41) is 2.91. The highest BCUT2D eigenvalue weighted by Gasteiger charge is 2.33. The number of rotatable bonds is 11. The fourth-order valence-electron chi connectivity index (χ4n) is 4.00. The molecule has 0 saturated heterocycles. The van der Waals surface area contributed by atoms with Crippen molar-refractivity contribution in [3.8, 4) is 11.5 Å². The zero-order chi connectivity index (χ0) is 29.5. The monoisotopic (exact) mass is 567 g/mol. The van der Waals surface area contributed by atoms with Crippen molar-refractivity contribution in [1.82, 2.24) is 10.2 Å². The maximum Gasteiger partial charge on any atom is 0.264 e. The highest BCUT2D eigenvalue weighted by atomic mass is 32.2. The van der Waals surface area contributed by atoms with Crippen LogP contribution in [0, 0.1) is 0 Å². The lowest BCUT2D eigenvalue weighted by atomic mass is 10.1. The number of hydrogen-bond donors (Lipinski definition) is 1. The van der Waals surface area contributed by atoms with Crippen LogP contribution in [-0.2, 0) is 26.2 Å². The summed E-state index contributed by atoms with van der Waals surface area (Å²) in [7, 11) is -1.11. The predicted molar refractivity (Wildman–Crippen MR) is 155 cm³/mol. The summed E-state index contributed by atoms with van der Waals surface area (Å²) in [5.74, 6) is 0.187. The maximum atomic E-state index is 14.0. The van der Waals surface area contributed by atoms with Crippen LogP contribution in [0.5, 0.6) is 11.5 Å². The Morgan fingerprint density at radius 2 is 1.50 bits per heavy atom. The molecule has 9 nitrogen and oxygen atoms in total. The third kappa shape index (κ3) is 7.75. The Labute approximate surface area is 236 Å². The number of amides is 2. The quantitative estimate of drug-likeness (QED) is 0.372. The van der Waals surface area contributed by atoms with Crippen molar-refractivity contribution in [3.05, 3.63) is 84.4 Å². The zero-order valence-electron chi connectivity index (χ0n) is 23.7. The predicted octanol–water partition coefficient (Wildman–Crippen LogP) is 4.23. The molecule has 0 aliphatic heterocycles. The molecule has 0 aliphatic carbocycles. The van der Waals surface area contributed by atoms with E-state index in [9.17, 15) is 18.0 Å². The van der Waals surface area contributed by atoms with Crippen LogP contribution in [0.25, 0.3) is 0 Å². The summed E-state index contributed by atoms with van der Waals surface area (Å²) < 4.78 is 39.3. The summed E-state index contributed by atoms with van der Waals surface area (Å²) in [6, 6.07) is 20.6. The number of ether oxygens (including phenoxy) is 2. The molecule has 0 aliphatic rings. The van der Waals surface area contributed by atoms with E-state index in [-0.39, 0.29) is 23.0 Å². The van der Waals surface area contributed by atoms with Crippen LogP contribution in [0.1, 0.15) is 33.3 Å². The lowest BCUT2D eigenvalue weighted by molar-refractivity contribution is -0.140. The Balaban J connectivity index is 2.04. The number of carbonyl (C=O) groups excluding carboxylic acids is 2. The number of methoxy groups -OCH3 is 2. The van der Waals surface area contributed by atoms with Crippen molar-refractivity contribution in [2.45, 2.75) is 50.7 Å². The molecule has 0 bridgehead atoms. The number of benzene rings is 3. The number of anilines is 1. The standard InChI is InChI=1S/C30H37N3O6S/c1-22(29(35)31-30(2,3)4)32(20-23-15-17-25(38-5)18-16-23)28(34)21-33(24-11-10-12-26(19-24)39-6)40(36,37)27-13-8-7-9-14-27/h7-19,22H,20-21H2,1-6H3,(H,31,35)/t22-/m1/s1. The fraction of sp³-hybridized carbons (Fsp3) is 0.333. The largest absolute Gasteiger partial charge is 0.497 e. The molecule has 0 spiro atoms. The minimum Gasteiger partial charge on any atom is -0.497 e. The van der Waals surface area contributed by atoms with Gasteiger partial charge in [0, 0.05) is 18.2 Å². The Hall–Kier alpha value is -4.05. The molecular weight excluding hydrogens is 530 g/mol. The second kappa shape index (κ2) is 12.9. The normalized spacial score (nSPS) is 12.2. The van der Waals surface area contributed by atoms with Gasteiger partial charge in [-0.3, -0.25) is 13.9 Å². The third-order valence-electron chi connectivity index (χ3n) is 6.13. The van der Waals surface area contributed by atoms with E-state index in [4.69, 9.17) is 9.47 Å². The molecule has 0 aromatic heterocycles. The first-order valence-electron chi connectivity index (χ1n) is 12.8. The van der Waals surface area contributed by atoms with Gasteiger partial charge in [0.15, 0.2) is 0 Å². The van der Waals surface area contributed by atoms with Crippen molar-refractivity contribution >= 4 is 27.5 Å². The number of carbonyl (C=O) groups is 2. The zero-order valence-corrected chi connectivity index (χ0v) is 24.6. The van der Waals surface area contributed by atoms with E-state index in [1.807, 2.05) is 20.8 Å². The van der Waals surface area contributed by atoms with Crippen LogP contribution in [0.15, 0.2) is 83.8 Å². The summed E-state index contributed by atoms with van der Waals surface area (Å²) in [4.78, 5) is 28.6. The molecule has 3 aromatic rings. The van der Waals surface area contributed by atoms with E-state index in [0.29, 0.717) is 11.5 Å². The van der Waals surface area contributed by atoms with E-state index in [1.165, 1.54) is 24.1 Å². The van der Waals surface area contributed by atoms with Gasteiger partial charge < -0.3 is 19.7 Å². The Morgan fingerprint density at radius 1 is 0.875 bits per heavy atom. The Morgan fingerprint density at radius 3 is 2.08 bits per heavy atom. The average molecular weight is 568 g/mol. The van der Waals surface area contributed by atoms with Crippen LogP contribution in [0.4, 0.5) is 5.69 Å². The topological polar surface area (TPSA) is 105 Å². The van der Waals surface area contributed by atoms with E-state index < -0.39 is 34.1 Å². The lowest BCUT2D eigenvalue weighted by Gasteiger charge is -2.33. The van der Waals surface area contributed by atoms with E-state index in [1.54, 1.807) is 80.8 Å². The Bertz CT molecular complexity index is 1400. The van der Waals surface area contributed by atoms with Gasteiger partial charge in [0.05, 0.1) is 24.8 Å². The number of nitrogens with one attached hydrogen (secondary N) is 1. The van der Waals surface area contributed by atoms with Crippen molar-refractivity contribution in [1.29, 1.82) is 0 Å². The van der Waals surface area contributed by atoms with Crippen LogP contribution >= 0.6 is 0 Å². The lowest BCUT2D eigenvalue weighted by Crippen LogP contribution is -2.54. The van der Waals surface area contributed by atoms with Crippen molar-refractivity contribution in [3.63, 3.8) is 0 Å². The molecule has 3 rings (SSSR count). The second-order valence-electron chi connectivity index (χ2n) is 10.3. The fourth-order valence-corrected chi connectivity index (χ4v) is 5.43. The summed E-state index contributed by atoms with van der Waals surface area (Å²) in [6.07, 6.45) is 0. The molecule has 3 aromatic carbocycles. The average Bonchev–Trinajstić information content (AvgIpc) is 2.94. The van der Waals surface area contributed by atoms with Crippen LogP contribution in [0.3, 0.4) is 0 Å². The molecule has 2 amide bonds. The first kappa shape index (κ1) is 30.5. The highest BCUT2D eigenvalue weighted by Crippen LogP contribution is 2.27. The van der Waals surface area contributed by atoms with E-state index >= 15 is 0 Å². The molecule has 40 heavy (non-hydrogen) atoms. The molecular formula is C30H37N3O6S. The van der Waals surface area contributed by atoms with Gasteiger partial charge in [-0.25, -0.2) is 8.42 Å². The first-order chi connectivity index (χ1) is 18.9. The summed E-state index contributed by atoms with van der Waals surface area (Å²) in [5.41, 5.74) is 0.486. The van der Waals surface area contributed by atoms with Gasteiger partial charge in [0.25, 0.3) is 10.0 Å². The first-order valence-corrected chi connectivity index (χ1v) is 14.3. The second-order valence-corrected chi connectivity index (χ2v) is 12.2. The van der Waals surface area contributed by atoms with Crippen molar-refractivity contribution in [2.75, 3.05) is 25.1 Å². The number of hydrogen-bond acceptors (Lipinski definition) is 6. The molecule has 0 saturated carbocycles. The molecule has 10 heteroatoms. The van der Waals surface area contributed by atoms with Gasteiger partial charge in [-0.05, 0) is 69.7 Å². The molecule has 0 fully saturated rings. The van der Waals surface area contributed by atoms with Crippen LogP contribution < -0.4 is 19.1 Å². The molecule has 0 unspecified atom stereocenters. The van der Waals surface area contributed by atoms with Crippen molar-refractivity contribution in [2.24, 2.45) is 0 Å². The summed E-state index contributed by atoms with van der Waals surface area (Å²) >= 11 is 0. The third-order valence-corrected chi connectivity index (χ3v) is 7.92. The molecule has 0 heterocycles. The van der Waals surface area contributed by atoms with Gasteiger partial charge in [-0.1, -0.05) is 36.4 Å². The highest BCUT2D eigenvalue weighted by molar-refractivity contribution is 7.92. The van der Waals surface area contributed by atoms with Crippen molar-refractivity contribution < 1.29 is 27.5 Å². The number of sulfonamides is 1. The molecule has 1 N–H and O–H groups in total. The maximum absolute atomic E-state index is 14.0. The van der Waals surface area contributed by atoms with Gasteiger partial charge in [-0.15, -0.1) is 0 Å². The molecule has 214 valence electrons. The van der Waals surface area contributed by atoms with Gasteiger partial charge in [0.2, 0.25) is 11.8 Å². The minimum atomic E-state index is -4.15. The SMILES string of the molecule is COc1ccc(CN(C(=O)CN(c2cccc(OC)c2)S(=O)(=O)c2ccccc2)[C@H](C)C(=O)NC(C)(C)C)cc1.